The Kier molecular flexibility index (Phi) is 5.42. The lowest BCUT2D eigenvalue weighted by atomic mass is 10.1. The van der Waals surface area contributed by atoms with Gasteiger partial charge in [0.05, 0.1) is 7.11 Å². The van der Waals surface area contributed by atoms with Crippen LogP contribution in [0.4, 0.5) is 5.82 Å². The molecule has 0 aromatic carbocycles. The third-order valence-corrected chi connectivity index (χ3v) is 2.48. The Morgan fingerprint density at radius 1 is 1.65 bits per heavy atom. The van der Waals surface area contributed by atoms with E-state index >= 15 is 0 Å². The molecule has 0 saturated heterocycles. The van der Waals surface area contributed by atoms with Gasteiger partial charge in [-0.3, -0.25) is 0 Å². The summed E-state index contributed by atoms with van der Waals surface area (Å²) in [6.45, 7) is 2.59. The van der Waals surface area contributed by atoms with Crippen LogP contribution in [0.2, 0.25) is 0 Å². The van der Waals surface area contributed by atoms with E-state index < -0.39 is 5.97 Å². The molecule has 0 amide bonds. The van der Waals surface area contributed by atoms with Crippen LogP contribution >= 0.6 is 0 Å². The summed E-state index contributed by atoms with van der Waals surface area (Å²) in [5.74, 6) is 0.135. The number of rotatable bonds is 6. The molecule has 5 heteroatoms. The first-order valence-electron chi connectivity index (χ1n) is 5.72. The van der Waals surface area contributed by atoms with Gasteiger partial charge in [-0.05, 0) is 18.6 Å². The lowest BCUT2D eigenvalue weighted by Crippen LogP contribution is -2.29. The standard InChI is InChI=1S/C12H19N3O2/c1-3-5-9(8-13)15-11-10(12(16)17-2)6-4-7-14-11/h4,6-7,9H,3,5,8,13H2,1-2H3,(H,14,15). The number of anilines is 1. The van der Waals surface area contributed by atoms with Crippen LogP contribution in [0.25, 0.3) is 0 Å². The summed E-state index contributed by atoms with van der Waals surface area (Å²) in [7, 11) is 1.35. The normalized spacial score (nSPS) is 11.9. The summed E-state index contributed by atoms with van der Waals surface area (Å²) >= 11 is 0. The van der Waals surface area contributed by atoms with Crippen molar-refractivity contribution in [3.05, 3.63) is 23.9 Å². The predicted molar refractivity (Wildman–Crippen MR) is 66.9 cm³/mol. The Balaban J connectivity index is 2.85. The molecular weight excluding hydrogens is 218 g/mol. The van der Waals surface area contributed by atoms with E-state index in [0.29, 0.717) is 17.9 Å². The summed E-state index contributed by atoms with van der Waals surface area (Å²) in [4.78, 5) is 15.7. The molecule has 0 spiro atoms. The van der Waals surface area contributed by atoms with E-state index in [1.165, 1.54) is 7.11 Å². The van der Waals surface area contributed by atoms with E-state index in [-0.39, 0.29) is 6.04 Å². The quantitative estimate of drug-likeness (QED) is 0.731. The lowest BCUT2D eigenvalue weighted by Gasteiger charge is -2.17. The topological polar surface area (TPSA) is 77.2 Å². The molecule has 1 unspecified atom stereocenters. The van der Waals surface area contributed by atoms with Crippen LogP contribution in [0, 0.1) is 0 Å². The van der Waals surface area contributed by atoms with Crippen LogP contribution in [0.1, 0.15) is 30.1 Å². The molecule has 5 nitrogen and oxygen atoms in total. The molecule has 94 valence electrons. The summed E-state index contributed by atoms with van der Waals surface area (Å²) in [6, 6.07) is 3.51. The smallest absolute Gasteiger partial charge is 0.341 e. The van der Waals surface area contributed by atoms with E-state index in [0.717, 1.165) is 12.8 Å². The maximum atomic E-state index is 11.5. The molecule has 0 aliphatic heterocycles. The minimum atomic E-state index is -0.395. The molecule has 0 saturated carbocycles. The fourth-order valence-corrected chi connectivity index (χ4v) is 1.59. The molecule has 1 rings (SSSR count). The molecule has 1 heterocycles. The molecule has 0 radical (unpaired) electrons. The lowest BCUT2D eigenvalue weighted by molar-refractivity contribution is 0.0601. The van der Waals surface area contributed by atoms with Gasteiger partial charge in [0.25, 0.3) is 0 Å². The first kappa shape index (κ1) is 13.4. The zero-order valence-corrected chi connectivity index (χ0v) is 10.3. The number of methoxy groups -OCH3 is 1. The molecule has 1 atom stereocenters. The Labute approximate surface area is 101 Å². The molecule has 0 bridgehead atoms. The van der Waals surface area contributed by atoms with Crippen molar-refractivity contribution in [1.82, 2.24) is 4.98 Å². The molecule has 1 aromatic rings. The van der Waals surface area contributed by atoms with Gasteiger partial charge in [0.1, 0.15) is 11.4 Å². The van der Waals surface area contributed by atoms with E-state index in [1.807, 2.05) is 0 Å². The molecule has 17 heavy (non-hydrogen) atoms. The van der Waals surface area contributed by atoms with Crippen LogP contribution in [0.3, 0.4) is 0 Å². The van der Waals surface area contributed by atoms with Gasteiger partial charge in [-0.2, -0.15) is 0 Å². The minimum Gasteiger partial charge on any atom is -0.465 e. The number of nitrogens with one attached hydrogen (secondary N) is 1. The number of hydrogen-bond acceptors (Lipinski definition) is 5. The van der Waals surface area contributed by atoms with Gasteiger partial charge in [-0.15, -0.1) is 0 Å². The minimum absolute atomic E-state index is 0.123. The van der Waals surface area contributed by atoms with Crippen LogP contribution in [-0.4, -0.2) is 30.6 Å². The number of hydrogen-bond donors (Lipinski definition) is 2. The van der Waals surface area contributed by atoms with Crippen LogP contribution in [0.5, 0.6) is 0 Å². The fraction of sp³-hybridized carbons (Fsp3) is 0.500. The summed E-state index contributed by atoms with van der Waals surface area (Å²) in [5.41, 5.74) is 6.09. The number of ether oxygens (including phenoxy) is 1. The summed E-state index contributed by atoms with van der Waals surface area (Å²) in [6.07, 6.45) is 3.59. The average molecular weight is 237 g/mol. The van der Waals surface area contributed by atoms with Gasteiger partial charge >= 0.3 is 5.97 Å². The van der Waals surface area contributed by atoms with Crippen molar-refractivity contribution in [2.75, 3.05) is 19.0 Å². The van der Waals surface area contributed by atoms with Gasteiger partial charge in [0.2, 0.25) is 0 Å². The van der Waals surface area contributed by atoms with Crippen molar-refractivity contribution in [1.29, 1.82) is 0 Å². The predicted octanol–water partition coefficient (Wildman–Crippen LogP) is 1.41. The molecule has 1 aromatic heterocycles. The van der Waals surface area contributed by atoms with Crippen molar-refractivity contribution in [2.24, 2.45) is 5.73 Å². The third-order valence-electron chi connectivity index (χ3n) is 2.48. The second kappa shape index (κ2) is 6.85. The maximum Gasteiger partial charge on any atom is 0.341 e. The highest BCUT2D eigenvalue weighted by Crippen LogP contribution is 2.14. The Morgan fingerprint density at radius 3 is 3.00 bits per heavy atom. The van der Waals surface area contributed by atoms with E-state index in [1.54, 1.807) is 18.3 Å². The summed E-state index contributed by atoms with van der Waals surface area (Å²) in [5, 5.41) is 3.18. The highest BCUT2D eigenvalue weighted by Gasteiger charge is 2.14. The van der Waals surface area contributed by atoms with Crippen LogP contribution < -0.4 is 11.1 Å². The van der Waals surface area contributed by atoms with Gasteiger partial charge in [-0.1, -0.05) is 13.3 Å². The van der Waals surface area contributed by atoms with Gasteiger partial charge in [0.15, 0.2) is 0 Å². The van der Waals surface area contributed by atoms with Gasteiger partial charge in [0, 0.05) is 18.8 Å². The molecule has 3 N–H and O–H groups in total. The molecular formula is C12H19N3O2. The highest BCUT2D eigenvalue weighted by atomic mass is 16.5. The van der Waals surface area contributed by atoms with Crippen molar-refractivity contribution in [2.45, 2.75) is 25.8 Å². The van der Waals surface area contributed by atoms with E-state index in [4.69, 9.17) is 10.5 Å². The van der Waals surface area contributed by atoms with Crippen molar-refractivity contribution >= 4 is 11.8 Å². The van der Waals surface area contributed by atoms with Crippen LogP contribution in [0.15, 0.2) is 18.3 Å². The van der Waals surface area contributed by atoms with Crippen molar-refractivity contribution in [3.63, 3.8) is 0 Å². The second-order valence-corrected chi connectivity index (χ2v) is 3.76. The largest absolute Gasteiger partial charge is 0.465 e. The zero-order valence-electron chi connectivity index (χ0n) is 10.3. The SMILES string of the molecule is CCCC(CN)Nc1ncccc1C(=O)OC. The van der Waals surface area contributed by atoms with Crippen molar-refractivity contribution < 1.29 is 9.53 Å². The first-order valence-corrected chi connectivity index (χ1v) is 5.72. The molecule has 0 aliphatic rings. The number of aromatic nitrogens is 1. The molecule has 0 aliphatic carbocycles. The van der Waals surface area contributed by atoms with Crippen molar-refractivity contribution in [3.8, 4) is 0 Å². The Bertz CT molecular complexity index is 369. The van der Waals surface area contributed by atoms with Crippen LogP contribution in [-0.2, 0) is 4.74 Å². The number of carbonyl (C=O) groups is 1. The van der Waals surface area contributed by atoms with Gasteiger partial charge < -0.3 is 15.8 Å². The number of pyridine rings is 1. The molecule has 0 fully saturated rings. The number of carbonyl (C=O) groups excluding carboxylic acids is 1. The fourth-order valence-electron chi connectivity index (χ4n) is 1.59. The van der Waals surface area contributed by atoms with Gasteiger partial charge in [-0.25, -0.2) is 9.78 Å². The third kappa shape index (κ3) is 3.71. The Hall–Kier alpha value is -1.62. The number of nitrogens with zero attached hydrogens (tertiary/aromatic N) is 1. The monoisotopic (exact) mass is 237 g/mol. The number of esters is 1. The summed E-state index contributed by atoms with van der Waals surface area (Å²) < 4.78 is 4.70. The highest BCUT2D eigenvalue weighted by molar-refractivity contribution is 5.94. The van der Waals surface area contributed by atoms with E-state index in [2.05, 4.69) is 17.2 Å². The Morgan fingerprint density at radius 2 is 2.41 bits per heavy atom. The average Bonchev–Trinajstić information content (AvgIpc) is 2.38. The first-order chi connectivity index (χ1) is 8.22. The number of nitrogens with two attached hydrogens (primary N) is 1. The van der Waals surface area contributed by atoms with E-state index in [9.17, 15) is 4.79 Å². The second-order valence-electron chi connectivity index (χ2n) is 3.76. The zero-order chi connectivity index (χ0) is 12.7. The maximum absolute atomic E-state index is 11.5.